The lowest BCUT2D eigenvalue weighted by atomic mass is 10.0. The predicted octanol–water partition coefficient (Wildman–Crippen LogP) is 3.61. The van der Waals surface area contributed by atoms with Crippen LogP contribution in [0.25, 0.3) is 0 Å². The van der Waals surface area contributed by atoms with Crippen LogP contribution in [0.1, 0.15) is 16.7 Å². The number of methoxy groups -OCH3 is 1. The molecule has 144 valence electrons. The number of urea groups is 1. The maximum Gasteiger partial charge on any atom is 0.387 e. The van der Waals surface area contributed by atoms with Gasteiger partial charge >= 0.3 is 12.6 Å². The molecular weight excluding hydrogens is 354 g/mol. The Morgan fingerprint density at radius 2 is 1.96 bits per heavy atom. The number of fused-ring (bicyclic) bond motifs is 1. The number of ether oxygens (including phenoxy) is 2. The molecule has 1 N–H and O–H groups in total. The second-order valence-corrected chi connectivity index (χ2v) is 6.29. The van der Waals surface area contributed by atoms with Crippen molar-refractivity contribution in [3.05, 3.63) is 59.2 Å². The third-order valence-corrected chi connectivity index (χ3v) is 4.55. The first-order valence-electron chi connectivity index (χ1n) is 8.78. The Labute approximate surface area is 156 Å². The van der Waals surface area contributed by atoms with Gasteiger partial charge in [0.05, 0.1) is 7.11 Å². The molecule has 0 saturated heterocycles. The Morgan fingerprint density at radius 1 is 1.19 bits per heavy atom. The van der Waals surface area contributed by atoms with Crippen LogP contribution in [0.3, 0.4) is 0 Å². The molecule has 0 fully saturated rings. The van der Waals surface area contributed by atoms with Gasteiger partial charge in [-0.15, -0.1) is 0 Å². The zero-order chi connectivity index (χ0) is 19.2. The molecule has 2 aromatic carbocycles. The molecule has 2 aromatic rings. The molecule has 0 spiro atoms. The summed E-state index contributed by atoms with van der Waals surface area (Å²) in [5, 5.41) is 2.91. The lowest BCUT2D eigenvalue weighted by molar-refractivity contribution is -0.0512. The molecule has 0 aromatic heterocycles. The van der Waals surface area contributed by atoms with Gasteiger partial charge in [0.2, 0.25) is 0 Å². The number of alkyl halides is 2. The normalized spacial score (nSPS) is 13.3. The van der Waals surface area contributed by atoms with Gasteiger partial charge in [-0.2, -0.15) is 8.78 Å². The smallest absolute Gasteiger partial charge is 0.387 e. The van der Waals surface area contributed by atoms with E-state index >= 15 is 0 Å². The number of nitrogens with zero attached hydrogens (tertiary/aromatic N) is 1. The molecule has 3 rings (SSSR count). The van der Waals surface area contributed by atoms with E-state index in [1.54, 1.807) is 17.0 Å². The first kappa shape index (κ1) is 18.9. The lowest BCUT2D eigenvalue weighted by Crippen LogP contribution is -2.43. The Balaban J connectivity index is 1.52. The molecule has 7 heteroatoms. The highest BCUT2D eigenvalue weighted by atomic mass is 19.3. The van der Waals surface area contributed by atoms with Crippen LogP contribution in [-0.2, 0) is 19.4 Å². The first-order chi connectivity index (χ1) is 13.1. The van der Waals surface area contributed by atoms with Crippen molar-refractivity contribution in [1.82, 2.24) is 10.2 Å². The summed E-state index contributed by atoms with van der Waals surface area (Å²) in [7, 11) is 1.40. The Kier molecular flexibility index (Phi) is 6.11. The minimum Gasteiger partial charge on any atom is -0.493 e. The molecule has 0 atom stereocenters. The van der Waals surface area contributed by atoms with Gasteiger partial charge in [-0.1, -0.05) is 30.3 Å². The van der Waals surface area contributed by atoms with Gasteiger partial charge < -0.3 is 19.7 Å². The fourth-order valence-corrected chi connectivity index (χ4v) is 3.16. The molecule has 0 radical (unpaired) electrons. The highest BCUT2D eigenvalue weighted by Crippen LogP contribution is 2.29. The highest BCUT2D eigenvalue weighted by molar-refractivity contribution is 5.74. The molecule has 0 aliphatic carbocycles. The second kappa shape index (κ2) is 8.70. The minimum absolute atomic E-state index is 0.00716. The number of carbonyl (C=O) groups is 1. The predicted molar refractivity (Wildman–Crippen MR) is 97.3 cm³/mol. The van der Waals surface area contributed by atoms with E-state index in [2.05, 4.69) is 16.1 Å². The summed E-state index contributed by atoms with van der Waals surface area (Å²) < 4.78 is 34.2. The number of hydrogen-bond acceptors (Lipinski definition) is 3. The summed E-state index contributed by atoms with van der Waals surface area (Å²) in [6.07, 6.45) is 1.41. The van der Waals surface area contributed by atoms with E-state index in [1.165, 1.54) is 24.3 Å². The zero-order valence-corrected chi connectivity index (χ0v) is 15.1. The maximum atomic E-state index is 12.4. The Bertz CT molecular complexity index is 799. The number of rotatable bonds is 6. The van der Waals surface area contributed by atoms with Crippen LogP contribution in [-0.4, -0.2) is 37.7 Å². The van der Waals surface area contributed by atoms with E-state index in [4.69, 9.17) is 4.74 Å². The van der Waals surface area contributed by atoms with Crippen molar-refractivity contribution in [3.63, 3.8) is 0 Å². The summed E-state index contributed by atoms with van der Waals surface area (Å²) in [6, 6.07) is 12.8. The zero-order valence-electron chi connectivity index (χ0n) is 15.1. The van der Waals surface area contributed by atoms with Crippen molar-refractivity contribution >= 4 is 6.03 Å². The number of benzene rings is 2. The number of amides is 2. The van der Waals surface area contributed by atoms with Crippen molar-refractivity contribution in [2.75, 3.05) is 20.2 Å². The quantitative estimate of drug-likeness (QED) is 0.838. The van der Waals surface area contributed by atoms with E-state index in [9.17, 15) is 13.6 Å². The van der Waals surface area contributed by atoms with Crippen molar-refractivity contribution < 1.29 is 23.0 Å². The molecule has 1 aliphatic rings. The van der Waals surface area contributed by atoms with E-state index in [-0.39, 0.29) is 17.5 Å². The first-order valence-corrected chi connectivity index (χ1v) is 8.78. The van der Waals surface area contributed by atoms with Gasteiger partial charge in [-0.05, 0) is 41.7 Å². The van der Waals surface area contributed by atoms with Gasteiger partial charge in [0.1, 0.15) is 0 Å². The summed E-state index contributed by atoms with van der Waals surface area (Å²) in [5.41, 5.74) is 3.33. The summed E-state index contributed by atoms with van der Waals surface area (Å²) >= 11 is 0. The molecule has 2 amide bonds. The summed E-state index contributed by atoms with van der Waals surface area (Å²) in [4.78, 5) is 14.2. The fraction of sp³-hybridized carbons (Fsp3) is 0.350. The van der Waals surface area contributed by atoms with E-state index in [0.717, 1.165) is 12.0 Å². The fourth-order valence-electron chi connectivity index (χ4n) is 3.16. The maximum absolute atomic E-state index is 12.4. The largest absolute Gasteiger partial charge is 0.493 e. The third-order valence-electron chi connectivity index (χ3n) is 4.55. The Morgan fingerprint density at radius 3 is 2.70 bits per heavy atom. The van der Waals surface area contributed by atoms with Crippen LogP contribution in [0.4, 0.5) is 13.6 Å². The topological polar surface area (TPSA) is 50.8 Å². The van der Waals surface area contributed by atoms with Gasteiger partial charge in [0.25, 0.3) is 0 Å². The lowest BCUT2D eigenvalue weighted by Gasteiger charge is -2.29. The van der Waals surface area contributed by atoms with E-state index in [0.29, 0.717) is 26.1 Å². The number of carbonyl (C=O) groups excluding carboxylic acids is 1. The van der Waals surface area contributed by atoms with Crippen LogP contribution < -0.4 is 14.8 Å². The highest BCUT2D eigenvalue weighted by Gasteiger charge is 2.20. The molecule has 0 saturated carbocycles. The average Bonchev–Trinajstić information content (AvgIpc) is 2.68. The van der Waals surface area contributed by atoms with Crippen LogP contribution in [0.5, 0.6) is 11.5 Å². The van der Waals surface area contributed by atoms with Crippen molar-refractivity contribution in [2.24, 2.45) is 0 Å². The van der Waals surface area contributed by atoms with Crippen LogP contribution >= 0.6 is 0 Å². The number of halogens is 2. The van der Waals surface area contributed by atoms with Gasteiger partial charge in [0.15, 0.2) is 11.5 Å². The molecule has 1 aliphatic heterocycles. The van der Waals surface area contributed by atoms with Crippen LogP contribution in [0, 0.1) is 0 Å². The van der Waals surface area contributed by atoms with Gasteiger partial charge in [-0.3, -0.25) is 0 Å². The number of hydrogen-bond donors (Lipinski definition) is 1. The summed E-state index contributed by atoms with van der Waals surface area (Å²) in [5.74, 6) is 0.235. The van der Waals surface area contributed by atoms with Crippen molar-refractivity contribution in [2.45, 2.75) is 26.0 Å². The molecule has 1 heterocycles. The standard InChI is InChI=1S/C20H22F2N2O3/c1-26-18-12-14(6-7-17(18)27-19(21)22)8-10-23-20(25)24-11-9-15-4-2-3-5-16(15)13-24/h2-7,12,19H,8-11,13H2,1H3,(H,23,25). The summed E-state index contributed by atoms with van der Waals surface area (Å²) in [6.45, 7) is -1.17. The molecule has 5 nitrogen and oxygen atoms in total. The van der Waals surface area contributed by atoms with Crippen molar-refractivity contribution in [1.29, 1.82) is 0 Å². The SMILES string of the molecule is COc1cc(CCNC(=O)N2CCc3ccccc3C2)ccc1OC(F)F. The molecule has 27 heavy (non-hydrogen) atoms. The van der Waals surface area contributed by atoms with Gasteiger partial charge in [-0.25, -0.2) is 4.79 Å². The van der Waals surface area contributed by atoms with E-state index < -0.39 is 6.61 Å². The molecule has 0 bridgehead atoms. The molecular formula is C20H22F2N2O3. The number of nitrogens with one attached hydrogen (secondary N) is 1. The third kappa shape index (κ3) is 4.87. The average molecular weight is 376 g/mol. The van der Waals surface area contributed by atoms with Crippen molar-refractivity contribution in [3.8, 4) is 11.5 Å². The van der Waals surface area contributed by atoms with Crippen LogP contribution in [0.15, 0.2) is 42.5 Å². The minimum atomic E-state index is -2.90. The monoisotopic (exact) mass is 376 g/mol. The second-order valence-electron chi connectivity index (χ2n) is 6.29. The Hall–Kier alpha value is -2.83. The van der Waals surface area contributed by atoms with E-state index in [1.807, 2.05) is 18.2 Å². The molecule has 0 unspecified atom stereocenters. The van der Waals surface area contributed by atoms with Crippen LogP contribution in [0.2, 0.25) is 0 Å². The van der Waals surface area contributed by atoms with Gasteiger partial charge in [0, 0.05) is 19.6 Å².